The van der Waals surface area contributed by atoms with E-state index in [9.17, 15) is 0 Å². The van der Waals surface area contributed by atoms with E-state index in [1.807, 2.05) is 31.2 Å². The first-order chi connectivity index (χ1) is 10.3. The second-order valence-corrected chi connectivity index (χ2v) is 5.56. The van der Waals surface area contributed by atoms with Gasteiger partial charge in [0.1, 0.15) is 6.10 Å². The third-order valence-corrected chi connectivity index (χ3v) is 3.64. The third-order valence-electron chi connectivity index (χ3n) is 3.40. The lowest BCUT2D eigenvalue weighted by atomic mass is 10.2. The first-order valence-electron chi connectivity index (χ1n) is 7.19. The zero-order valence-electron chi connectivity index (χ0n) is 11.9. The van der Waals surface area contributed by atoms with Crippen molar-refractivity contribution in [2.45, 2.75) is 32.4 Å². The Morgan fingerprint density at radius 1 is 1.48 bits per heavy atom. The molecule has 1 aromatic heterocycles. The topological polar surface area (TPSA) is 60.2 Å². The summed E-state index contributed by atoms with van der Waals surface area (Å²) in [7, 11) is 0. The summed E-state index contributed by atoms with van der Waals surface area (Å²) >= 11 is 5.94. The highest BCUT2D eigenvalue weighted by Crippen LogP contribution is 2.42. The number of nitrogens with zero attached hydrogens (tertiary/aromatic N) is 2. The van der Waals surface area contributed by atoms with Crippen LogP contribution in [0.3, 0.4) is 0 Å². The molecule has 0 spiro atoms. The predicted molar refractivity (Wildman–Crippen MR) is 80.2 cm³/mol. The molecule has 21 heavy (non-hydrogen) atoms. The molecule has 1 aromatic carbocycles. The molecule has 0 aliphatic heterocycles. The maximum Gasteiger partial charge on any atom is 0.246 e. The summed E-state index contributed by atoms with van der Waals surface area (Å²) in [6, 6.07) is 7.52. The third kappa shape index (κ3) is 3.74. The van der Waals surface area contributed by atoms with Crippen molar-refractivity contribution in [3.05, 3.63) is 41.0 Å². The van der Waals surface area contributed by atoms with Crippen LogP contribution in [0.4, 0.5) is 5.69 Å². The second-order valence-electron chi connectivity index (χ2n) is 5.12. The Morgan fingerprint density at radius 3 is 3.05 bits per heavy atom. The molecule has 1 atom stereocenters. The zero-order valence-corrected chi connectivity index (χ0v) is 12.6. The van der Waals surface area contributed by atoms with Crippen molar-refractivity contribution in [2.24, 2.45) is 5.92 Å². The summed E-state index contributed by atoms with van der Waals surface area (Å²) in [6.45, 7) is 3.11. The van der Waals surface area contributed by atoms with Gasteiger partial charge in [0.05, 0.1) is 6.54 Å². The first kappa shape index (κ1) is 14.4. The average Bonchev–Trinajstić information content (AvgIpc) is 3.21. The van der Waals surface area contributed by atoms with E-state index in [2.05, 4.69) is 15.5 Å². The van der Waals surface area contributed by atoms with E-state index in [1.165, 1.54) is 12.8 Å². The number of rotatable bonds is 7. The lowest BCUT2D eigenvalue weighted by Crippen LogP contribution is -2.09. The fourth-order valence-electron chi connectivity index (χ4n) is 2.23. The minimum Gasteiger partial charge on any atom is -0.376 e. The lowest BCUT2D eigenvalue weighted by molar-refractivity contribution is 0.0384. The number of hydrogen-bond donors (Lipinski definition) is 1. The van der Waals surface area contributed by atoms with Crippen LogP contribution in [0.25, 0.3) is 0 Å². The van der Waals surface area contributed by atoms with E-state index in [0.717, 1.165) is 5.69 Å². The Labute approximate surface area is 128 Å². The Balaban J connectivity index is 1.62. The zero-order chi connectivity index (χ0) is 14.7. The standard InChI is InChI=1S/C15H18ClN3O2/c1-2-20-14(10-6-7-10)15-18-13(21-19-15)9-17-12-5-3-4-11(16)8-12/h3-5,8,10,14,17H,2,6-7,9H2,1H3. The van der Waals surface area contributed by atoms with Crippen LogP contribution >= 0.6 is 11.6 Å². The van der Waals surface area contributed by atoms with Gasteiger partial charge in [-0.2, -0.15) is 4.98 Å². The van der Waals surface area contributed by atoms with E-state index in [0.29, 0.717) is 35.8 Å². The summed E-state index contributed by atoms with van der Waals surface area (Å²) in [4.78, 5) is 4.43. The highest BCUT2D eigenvalue weighted by Gasteiger charge is 2.36. The first-order valence-corrected chi connectivity index (χ1v) is 7.57. The molecular weight excluding hydrogens is 290 g/mol. The highest BCUT2D eigenvalue weighted by molar-refractivity contribution is 6.30. The number of aromatic nitrogens is 2. The number of nitrogens with one attached hydrogen (secondary N) is 1. The van der Waals surface area contributed by atoms with E-state index in [-0.39, 0.29) is 6.10 Å². The predicted octanol–water partition coefficient (Wildman–Crippen LogP) is 3.82. The number of benzene rings is 1. The van der Waals surface area contributed by atoms with Gasteiger partial charge in [-0.1, -0.05) is 22.8 Å². The molecule has 1 heterocycles. The smallest absolute Gasteiger partial charge is 0.246 e. The van der Waals surface area contributed by atoms with Crippen LogP contribution in [0.5, 0.6) is 0 Å². The van der Waals surface area contributed by atoms with E-state index >= 15 is 0 Å². The molecule has 1 saturated carbocycles. The van der Waals surface area contributed by atoms with Crippen LogP contribution in [0.1, 0.15) is 37.6 Å². The van der Waals surface area contributed by atoms with Gasteiger partial charge in [0.15, 0.2) is 0 Å². The molecule has 1 aliphatic carbocycles. The monoisotopic (exact) mass is 307 g/mol. The fourth-order valence-corrected chi connectivity index (χ4v) is 2.42. The van der Waals surface area contributed by atoms with Gasteiger partial charge < -0.3 is 14.6 Å². The minimum atomic E-state index is -0.0290. The van der Waals surface area contributed by atoms with Crippen LogP contribution in [0.15, 0.2) is 28.8 Å². The van der Waals surface area contributed by atoms with Crippen molar-refractivity contribution in [1.82, 2.24) is 10.1 Å². The van der Waals surface area contributed by atoms with Gasteiger partial charge in [-0.25, -0.2) is 0 Å². The number of anilines is 1. The number of halogens is 1. The molecule has 6 heteroatoms. The molecule has 112 valence electrons. The quantitative estimate of drug-likeness (QED) is 0.842. The Bertz CT molecular complexity index is 598. The molecular formula is C15H18ClN3O2. The van der Waals surface area contributed by atoms with Gasteiger partial charge in [0.25, 0.3) is 0 Å². The van der Waals surface area contributed by atoms with Crippen LogP contribution < -0.4 is 5.32 Å². The average molecular weight is 308 g/mol. The summed E-state index contributed by atoms with van der Waals surface area (Å²) in [5.41, 5.74) is 0.922. The number of ether oxygens (including phenoxy) is 1. The van der Waals surface area contributed by atoms with Gasteiger partial charge in [-0.15, -0.1) is 0 Å². The summed E-state index contributed by atoms with van der Waals surface area (Å²) < 4.78 is 11.0. The molecule has 0 radical (unpaired) electrons. The molecule has 1 unspecified atom stereocenters. The van der Waals surface area contributed by atoms with E-state index in [1.54, 1.807) is 0 Å². The maximum atomic E-state index is 5.94. The second kappa shape index (κ2) is 6.45. The normalized spacial score (nSPS) is 15.9. The minimum absolute atomic E-state index is 0.0290. The van der Waals surface area contributed by atoms with E-state index < -0.39 is 0 Å². The summed E-state index contributed by atoms with van der Waals surface area (Å²) in [5, 5.41) is 7.95. The molecule has 1 N–H and O–H groups in total. The highest BCUT2D eigenvalue weighted by atomic mass is 35.5. The van der Waals surface area contributed by atoms with Crippen LogP contribution in [0, 0.1) is 5.92 Å². The SMILES string of the molecule is CCOC(c1noc(CNc2cccc(Cl)c2)n1)C1CC1. The summed E-state index contributed by atoms with van der Waals surface area (Å²) in [6.07, 6.45) is 2.32. The number of hydrogen-bond acceptors (Lipinski definition) is 5. The maximum absolute atomic E-state index is 5.94. The largest absolute Gasteiger partial charge is 0.376 e. The molecule has 0 bridgehead atoms. The summed E-state index contributed by atoms with van der Waals surface area (Å²) in [5.74, 6) is 1.74. The van der Waals surface area contributed by atoms with Crippen molar-refractivity contribution in [3.63, 3.8) is 0 Å². The molecule has 1 fully saturated rings. The molecule has 0 amide bonds. The van der Waals surface area contributed by atoms with E-state index in [4.69, 9.17) is 20.9 Å². The van der Waals surface area contributed by atoms with Gasteiger partial charge in [-0.3, -0.25) is 0 Å². The van der Waals surface area contributed by atoms with Crippen molar-refractivity contribution in [1.29, 1.82) is 0 Å². The lowest BCUT2D eigenvalue weighted by Gasteiger charge is -2.11. The molecule has 5 nitrogen and oxygen atoms in total. The van der Waals surface area contributed by atoms with Gasteiger partial charge in [-0.05, 0) is 43.9 Å². The van der Waals surface area contributed by atoms with Gasteiger partial charge in [0, 0.05) is 17.3 Å². The Kier molecular flexibility index (Phi) is 4.41. The van der Waals surface area contributed by atoms with Crippen LogP contribution in [-0.2, 0) is 11.3 Å². The molecule has 1 aliphatic rings. The molecule has 2 aromatic rings. The molecule has 0 saturated heterocycles. The van der Waals surface area contributed by atoms with Crippen LogP contribution in [0.2, 0.25) is 5.02 Å². The Morgan fingerprint density at radius 2 is 2.33 bits per heavy atom. The van der Waals surface area contributed by atoms with Crippen molar-refractivity contribution >= 4 is 17.3 Å². The van der Waals surface area contributed by atoms with Crippen molar-refractivity contribution in [3.8, 4) is 0 Å². The Hall–Kier alpha value is -1.59. The van der Waals surface area contributed by atoms with Crippen molar-refractivity contribution < 1.29 is 9.26 Å². The molecule has 3 rings (SSSR count). The van der Waals surface area contributed by atoms with Gasteiger partial charge in [0.2, 0.25) is 11.7 Å². The van der Waals surface area contributed by atoms with Gasteiger partial charge >= 0.3 is 0 Å². The van der Waals surface area contributed by atoms with Crippen LogP contribution in [-0.4, -0.2) is 16.7 Å². The van der Waals surface area contributed by atoms with Crippen molar-refractivity contribution in [2.75, 3.05) is 11.9 Å². The fraction of sp³-hybridized carbons (Fsp3) is 0.467.